The van der Waals surface area contributed by atoms with Gasteiger partial charge in [-0.15, -0.1) is 23.1 Å². The third-order valence-electron chi connectivity index (χ3n) is 5.35. The van der Waals surface area contributed by atoms with E-state index in [1.54, 1.807) is 0 Å². The second-order valence-electron chi connectivity index (χ2n) is 7.45. The van der Waals surface area contributed by atoms with Crippen LogP contribution in [0.5, 0.6) is 0 Å². The minimum Gasteiger partial charge on any atom is -0.350 e. The molecule has 0 bridgehead atoms. The minimum absolute atomic E-state index is 0.0572. The van der Waals surface area contributed by atoms with Crippen LogP contribution < -0.4 is 5.48 Å². The monoisotopic (exact) mass is 417 g/mol. The maximum Gasteiger partial charge on any atom is 0.245 e. The Kier molecular flexibility index (Phi) is 6.73. The quantitative estimate of drug-likeness (QED) is 0.631. The number of amides is 1. The summed E-state index contributed by atoms with van der Waals surface area (Å²) in [5.74, 6) is 1.04. The average molecular weight is 418 g/mol. The average Bonchev–Trinajstić information content (AvgIpc) is 3.26. The lowest BCUT2D eigenvalue weighted by molar-refractivity contribution is -0.200. The van der Waals surface area contributed by atoms with E-state index in [4.69, 9.17) is 9.57 Å². The van der Waals surface area contributed by atoms with Crippen molar-refractivity contribution in [1.82, 2.24) is 5.48 Å². The van der Waals surface area contributed by atoms with Gasteiger partial charge < -0.3 is 4.74 Å². The summed E-state index contributed by atoms with van der Waals surface area (Å²) in [6, 6.07) is 14.9. The van der Waals surface area contributed by atoms with E-state index in [-0.39, 0.29) is 16.9 Å². The topological polar surface area (TPSA) is 47.6 Å². The molecular formula is C22H27NO3S2. The van der Waals surface area contributed by atoms with Gasteiger partial charge in [0.15, 0.2) is 6.29 Å². The highest BCUT2D eigenvalue weighted by Crippen LogP contribution is 2.50. The fourth-order valence-electron chi connectivity index (χ4n) is 3.84. The van der Waals surface area contributed by atoms with Crippen molar-refractivity contribution in [2.24, 2.45) is 0 Å². The van der Waals surface area contributed by atoms with Crippen molar-refractivity contribution in [1.29, 1.82) is 0 Å². The minimum atomic E-state index is -0.306. The van der Waals surface area contributed by atoms with E-state index in [0.717, 1.165) is 37.9 Å². The van der Waals surface area contributed by atoms with Gasteiger partial charge >= 0.3 is 0 Å². The number of carbonyl (C=O) groups excluding carboxylic acids is 1. The lowest BCUT2D eigenvalue weighted by Gasteiger charge is -2.35. The van der Waals surface area contributed by atoms with Crippen LogP contribution in [-0.2, 0) is 19.1 Å². The normalized spacial score (nSPS) is 25.4. The summed E-state index contributed by atoms with van der Waals surface area (Å²) in [5, 5.41) is 0. The van der Waals surface area contributed by atoms with Gasteiger partial charge in [-0.05, 0) is 49.1 Å². The SMILES string of the molecule is O=C(C[C@]1(c2ccc(-c3ccccc3)s2)CCCCS1)NOC1CCCCO1. The molecule has 1 amide bonds. The molecule has 2 atom stereocenters. The predicted octanol–water partition coefficient (Wildman–Crippen LogP) is 5.49. The summed E-state index contributed by atoms with van der Waals surface area (Å²) < 4.78 is 5.38. The van der Waals surface area contributed by atoms with Crippen LogP contribution >= 0.6 is 23.1 Å². The van der Waals surface area contributed by atoms with Crippen LogP contribution in [-0.4, -0.2) is 24.6 Å². The van der Waals surface area contributed by atoms with Gasteiger partial charge in [-0.3, -0.25) is 4.79 Å². The molecule has 4 nitrogen and oxygen atoms in total. The van der Waals surface area contributed by atoms with E-state index in [1.807, 2.05) is 29.2 Å². The first-order valence-corrected chi connectivity index (χ1v) is 11.9. The third kappa shape index (κ3) is 4.79. The Labute approximate surface area is 175 Å². The molecule has 4 rings (SSSR count). The highest BCUT2D eigenvalue weighted by molar-refractivity contribution is 8.00. The lowest BCUT2D eigenvalue weighted by Crippen LogP contribution is -2.37. The molecule has 3 heterocycles. The zero-order valence-corrected chi connectivity index (χ0v) is 17.7. The van der Waals surface area contributed by atoms with Gasteiger partial charge in [-0.2, -0.15) is 0 Å². The first-order chi connectivity index (χ1) is 13.8. The number of rotatable bonds is 6. The van der Waals surface area contributed by atoms with Crippen LogP contribution in [0.3, 0.4) is 0 Å². The number of thioether (sulfide) groups is 1. The number of benzene rings is 1. The van der Waals surface area contributed by atoms with Crippen molar-refractivity contribution in [3.05, 3.63) is 47.3 Å². The summed E-state index contributed by atoms with van der Waals surface area (Å²) in [7, 11) is 0. The molecule has 2 fully saturated rings. The van der Waals surface area contributed by atoms with Gasteiger partial charge in [0, 0.05) is 29.2 Å². The van der Waals surface area contributed by atoms with Crippen molar-refractivity contribution < 1.29 is 14.4 Å². The maximum absolute atomic E-state index is 12.7. The summed E-state index contributed by atoms with van der Waals surface area (Å²) in [5.41, 5.74) is 3.89. The molecule has 0 aliphatic carbocycles. The van der Waals surface area contributed by atoms with Crippen molar-refractivity contribution in [3.63, 3.8) is 0 Å². The van der Waals surface area contributed by atoms with E-state index in [1.165, 1.54) is 21.7 Å². The molecule has 1 N–H and O–H groups in total. The molecule has 2 aliphatic rings. The second kappa shape index (κ2) is 9.44. The van der Waals surface area contributed by atoms with Crippen LogP contribution in [0.1, 0.15) is 49.8 Å². The molecule has 1 aromatic heterocycles. The molecule has 0 saturated carbocycles. The number of hydroxylamine groups is 1. The van der Waals surface area contributed by atoms with Crippen LogP contribution in [0, 0.1) is 0 Å². The Morgan fingerprint density at radius 2 is 2.04 bits per heavy atom. The van der Waals surface area contributed by atoms with Gasteiger partial charge in [0.05, 0.1) is 4.75 Å². The van der Waals surface area contributed by atoms with Crippen LogP contribution in [0.15, 0.2) is 42.5 Å². The predicted molar refractivity (Wildman–Crippen MR) is 115 cm³/mol. The summed E-state index contributed by atoms with van der Waals surface area (Å²) in [6.45, 7) is 0.706. The van der Waals surface area contributed by atoms with Crippen LogP contribution in [0.25, 0.3) is 10.4 Å². The molecule has 0 radical (unpaired) electrons. The van der Waals surface area contributed by atoms with Gasteiger partial charge in [0.1, 0.15) is 0 Å². The molecule has 1 aromatic carbocycles. The molecule has 2 saturated heterocycles. The van der Waals surface area contributed by atoms with Crippen molar-refractivity contribution >= 4 is 29.0 Å². The van der Waals surface area contributed by atoms with Crippen molar-refractivity contribution in [3.8, 4) is 10.4 Å². The Bertz CT molecular complexity index is 765. The summed E-state index contributed by atoms with van der Waals surface area (Å²) in [6.07, 6.45) is 6.53. The van der Waals surface area contributed by atoms with Gasteiger partial charge in [0.25, 0.3) is 0 Å². The Balaban J connectivity index is 1.45. The highest BCUT2D eigenvalue weighted by atomic mass is 32.2. The van der Waals surface area contributed by atoms with E-state index >= 15 is 0 Å². The van der Waals surface area contributed by atoms with Crippen LogP contribution in [0.2, 0.25) is 0 Å². The largest absolute Gasteiger partial charge is 0.350 e. The number of hydrogen-bond donors (Lipinski definition) is 1. The maximum atomic E-state index is 12.7. The lowest BCUT2D eigenvalue weighted by atomic mass is 9.94. The second-order valence-corrected chi connectivity index (χ2v) is 10.0. The van der Waals surface area contributed by atoms with E-state index < -0.39 is 0 Å². The number of carbonyl (C=O) groups is 1. The van der Waals surface area contributed by atoms with E-state index in [2.05, 4.69) is 41.9 Å². The number of ether oxygens (including phenoxy) is 1. The fourth-order valence-corrected chi connectivity index (χ4v) is 6.74. The first-order valence-electron chi connectivity index (χ1n) is 10.1. The zero-order chi connectivity index (χ0) is 19.2. The Morgan fingerprint density at radius 1 is 1.14 bits per heavy atom. The van der Waals surface area contributed by atoms with Gasteiger partial charge in [-0.1, -0.05) is 36.8 Å². The molecular weight excluding hydrogens is 390 g/mol. The fraction of sp³-hybridized carbons (Fsp3) is 0.500. The molecule has 6 heteroatoms. The third-order valence-corrected chi connectivity index (χ3v) is 8.44. The molecule has 2 aromatic rings. The molecule has 150 valence electrons. The standard InChI is InChI=1S/C22H27NO3S2/c24-20(23-26-21-10-4-6-14-25-21)16-22(13-5-7-15-27-22)19-12-11-18(28-19)17-8-2-1-3-9-17/h1-3,8-9,11-12,21H,4-7,10,13-16H2,(H,23,24)/t21?,22-/m0/s1. The van der Waals surface area contributed by atoms with Crippen molar-refractivity contribution in [2.75, 3.05) is 12.4 Å². The molecule has 0 spiro atoms. The van der Waals surface area contributed by atoms with Crippen LogP contribution in [0.4, 0.5) is 0 Å². The smallest absolute Gasteiger partial charge is 0.245 e. The molecule has 2 aliphatic heterocycles. The van der Waals surface area contributed by atoms with Gasteiger partial charge in [-0.25, -0.2) is 10.3 Å². The first kappa shape index (κ1) is 20.0. The number of nitrogens with one attached hydrogen (secondary N) is 1. The number of thiophene rings is 1. The Hall–Kier alpha value is -1.34. The molecule has 28 heavy (non-hydrogen) atoms. The summed E-state index contributed by atoms with van der Waals surface area (Å²) >= 11 is 3.74. The van der Waals surface area contributed by atoms with E-state index in [9.17, 15) is 4.79 Å². The van der Waals surface area contributed by atoms with Gasteiger partial charge in [0.2, 0.25) is 5.91 Å². The number of hydrogen-bond acceptors (Lipinski definition) is 5. The molecule has 1 unspecified atom stereocenters. The zero-order valence-electron chi connectivity index (χ0n) is 16.0. The Morgan fingerprint density at radius 3 is 2.79 bits per heavy atom. The highest BCUT2D eigenvalue weighted by Gasteiger charge is 2.38. The summed E-state index contributed by atoms with van der Waals surface area (Å²) in [4.78, 5) is 20.8. The van der Waals surface area contributed by atoms with Crippen molar-refractivity contribution in [2.45, 2.75) is 56.0 Å². The van der Waals surface area contributed by atoms with E-state index in [0.29, 0.717) is 13.0 Å².